The highest BCUT2D eigenvalue weighted by Gasteiger charge is 2.34. The Morgan fingerprint density at radius 2 is 1.38 bits per heavy atom. The average molecular weight is 346 g/mol. The van der Waals surface area contributed by atoms with Crippen LogP contribution in [0.3, 0.4) is 0 Å². The Hall–Kier alpha value is 0.260. The summed E-state index contributed by atoms with van der Waals surface area (Å²) in [6.07, 6.45) is 7.61. The van der Waals surface area contributed by atoms with Crippen molar-refractivity contribution in [1.82, 2.24) is 0 Å². The van der Waals surface area contributed by atoms with Crippen LogP contribution in [0.5, 0.6) is 0 Å². The van der Waals surface area contributed by atoms with E-state index in [1.165, 1.54) is 0 Å². The largest absolute Gasteiger partial charge is 0.481 e. The first-order chi connectivity index (χ1) is 9.70. The molecule has 128 valence electrons. The van der Waals surface area contributed by atoms with Crippen LogP contribution in [0, 0.1) is 0 Å². The molecule has 7 nitrogen and oxygen atoms in total. The van der Waals surface area contributed by atoms with Crippen molar-refractivity contribution in [2.45, 2.75) is 77.7 Å². The molecule has 0 bridgehead atoms. The molecule has 0 aliphatic rings. The maximum atomic E-state index is 11.6. The molecular weight excluding hydrogens is 318 g/mol. The smallest absolute Gasteiger partial charge is 0.302 e. The number of hydrogen-bond acceptors (Lipinski definition) is 4. The predicted molar refractivity (Wildman–Crippen MR) is 80.7 cm³/mol. The molecule has 3 N–H and O–H groups in total. The molecule has 0 amide bonds. The quantitative estimate of drug-likeness (QED) is 0.339. The van der Waals surface area contributed by atoms with Crippen LogP contribution in [0.4, 0.5) is 0 Å². The van der Waals surface area contributed by atoms with E-state index >= 15 is 0 Å². The number of hydrogen-bond donors (Lipinski definition) is 3. The highest BCUT2D eigenvalue weighted by molar-refractivity contribution is 7.60. The Bertz CT molecular complexity index is 356. The third kappa shape index (κ3) is 13.6. The third-order valence-electron chi connectivity index (χ3n) is 3.00. The van der Waals surface area contributed by atoms with E-state index in [1.807, 2.05) is 6.92 Å². The van der Waals surface area contributed by atoms with E-state index in [2.05, 4.69) is 11.2 Å². The first-order valence-electron chi connectivity index (χ1n) is 7.48. The number of phosphoric ester groups is 1. The van der Waals surface area contributed by atoms with Crippen molar-refractivity contribution in [2.24, 2.45) is 0 Å². The minimum atomic E-state index is -5.05. The molecule has 0 aromatic carbocycles. The van der Waals surface area contributed by atoms with Gasteiger partial charge in [0.15, 0.2) is 0 Å². The van der Waals surface area contributed by atoms with E-state index in [0.717, 1.165) is 44.9 Å². The molecule has 0 aliphatic heterocycles. The second kappa shape index (κ2) is 10.9. The second-order valence-corrected chi connectivity index (χ2v) is 7.90. The predicted octanol–water partition coefficient (Wildman–Crippen LogP) is 4.13. The first kappa shape index (κ1) is 21.3. The normalized spacial score (nSPS) is 16.6. The lowest BCUT2D eigenvalue weighted by Crippen LogP contribution is -2.12. The van der Waals surface area contributed by atoms with Crippen LogP contribution in [0.2, 0.25) is 0 Å². The van der Waals surface area contributed by atoms with Crippen molar-refractivity contribution in [2.75, 3.05) is 0 Å². The molecule has 0 aromatic rings. The molecule has 0 aliphatic carbocycles. The first-order valence-corrected chi connectivity index (χ1v) is 10.5. The Morgan fingerprint density at radius 1 is 0.857 bits per heavy atom. The molecule has 0 spiro atoms. The molecule has 2 unspecified atom stereocenters. The summed E-state index contributed by atoms with van der Waals surface area (Å²) in [6, 6.07) is 0. The van der Waals surface area contributed by atoms with Crippen LogP contribution in [0.1, 0.15) is 71.6 Å². The minimum Gasteiger partial charge on any atom is -0.302 e. The summed E-state index contributed by atoms with van der Waals surface area (Å²) in [5.74, 6) is 0. The fourth-order valence-corrected chi connectivity index (χ4v) is 3.82. The lowest BCUT2D eigenvalue weighted by atomic mass is 10.0. The van der Waals surface area contributed by atoms with Crippen molar-refractivity contribution < 1.29 is 32.6 Å². The Balaban J connectivity index is 4.33. The van der Waals surface area contributed by atoms with Crippen LogP contribution in [-0.2, 0) is 18.0 Å². The topological polar surface area (TPSA) is 113 Å². The van der Waals surface area contributed by atoms with E-state index in [1.54, 1.807) is 0 Å². The van der Waals surface area contributed by atoms with Crippen molar-refractivity contribution >= 4 is 15.6 Å². The maximum absolute atomic E-state index is 11.6. The summed E-state index contributed by atoms with van der Waals surface area (Å²) in [6.45, 7) is 4.11. The summed E-state index contributed by atoms with van der Waals surface area (Å²) in [7, 11) is -9.78. The zero-order valence-corrected chi connectivity index (χ0v) is 14.6. The van der Waals surface area contributed by atoms with Gasteiger partial charge in [-0.25, -0.2) is 9.13 Å². The van der Waals surface area contributed by atoms with E-state index in [9.17, 15) is 14.0 Å². The molecule has 0 rings (SSSR count). The Morgan fingerprint density at radius 3 is 1.90 bits per heavy atom. The van der Waals surface area contributed by atoms with E-state index in [-0.39, 0.29) is 0 Å². The summed E-state index contributed by atoms with van der Waals surface area (Å²) in [5, 5.41) is 0. The molecule has 9 heteroatoms. The van der Waals surface area contributed by atoms with E-state index in [4.69, 9.17) is 14.3 Å². The molecular formula is C12H28O7P2. The molecule has 2 atom stereocenters. The Labute approximate surface area is 126 Å². The standard InChI is InChI=1S/C12H28O7P2/c1-3-5-7-8-9-11-12(10-6-4-2)18-21(16,17)19-20(13,14)15/h12H,3-11H2,1-2H3,(H,16,17)(H2,13,14,15). The Kier molecular flexibility index (Phi) is 11.0. The van der Waals surface area contributed by atoms with Gasteiger partial charge in [0, 0.05) is 0 Å². The zero-order valence-electron chi connectivity index (χ0n) is 12.8. The average Bonchev–Trinajstić information content (AvgIpc) is 2.32. The van der Waals surface area contributed by atoms with Crippen molar-refractivity contribution in [3.63, 3.8) is 0 Å². The zero-order chi connectivity index (χ0) is 16.4. The van der Waals surface area contributed by atoms with E-state index in [0.29, 0.717) is 12.8 Å². The summed E-state index contributed by atoms with van der Waals surface area (Å²) >= 11 is 0. The maximum Gasteiger partial charge on any atom is 0.481 e. The van der Waals surface area contributed by atoms with Gasteiger partial charge in [-0.05, 0) is 12.8 Å². The van der Waals surface area contributed by atoms with Gasteiger partial charge in [-0.3, -0.25) is 4.52 Å². The van der Waals surface area contributed by atoms with Crippen molar-refractivity contribution in [3.05, 3.63) is 0 Å². The van der Waals surface area contributed by atoms with Gasteiger partial charge in [-0.2, -0.15) is 4.31 Å². The SMILES string of the molecule is CCCCCCCC(CCCC)OP(=O)(O)OP(=O)(O)O. The van der Waals surface area contributed by atoms with Crippen LogP contribution in [-0.4, -0.2) is 20.8 Å². The number of rotatable bonds is 13. The van der Waals surface area contributed by atoms with Gasteiger partial charge in [0.05, 0.1) is 6.10 Å². The highest BCUT2D eigenvalue weighted by Crippen LogP contribution is 2.58. The number of phosphoric acid groups is 2. The van der Waals surface area contributed by atoms with Gasteiger partial charge in [-0.15, -0.1) is 0 Å². The molecule has 0 fully saturated rings. The van der Waals surface area contributed by atoms with Crippen molar-refractivity contribution in [3.8, 4) is 0 Å². The van der Waals surface area contributed by atoms with E-state index < -0.39 is 21.7 Å². The van der Waals surface area contributed by atoms with Crippen molar-refractivity contribution in [1.29, 1.82) is 0 Å². The fourth-order valence-electron chi connectivity index (χ4n) is 2.00. The van der Waals surface area contributed by atoms with Crippen LogP contribution >= 0.6 is 15.6 Å². The summed E-state index contributed by atoms with van der Waals surface area (Å²) in [4.78, 5) is 26.6. The fraction of sp³-hybridized carbons (Fsp3) is 1.00. The molecule has 0 radical (unpaired) electrons. The van der Waals surface area contributed by atoms with Gasteiger partial charge >= 0.3 is 15.6 Å². The monoisotopic (exact) mass is 346 g/mol. The summed E-state index contributed by atoms with van der Waals surface area (Å²) in [5.41, 5.74) is 0. The molecule has 0 saturated heterocycles. The lowest BCUT2D eigenvalue weighted by Gasteiger charge is -2.20. The molecule has 0 aromatic heterocycles. The number of unbranched alkanes of at least 4 members (excludes halogenated alkanes) is 5. The lowest BCUT2D eigenvalue weighted by molar-refractivity contribution is 0.111. The molecule has 0 heterocycles. The van der Waals surface area contributed by atoms with Crippen LogP contribution in [0.15, 0.2) is 0 Å². The van der Waals surface area contributed by atoms with Crippen LogP contribution < -0.4 is 0 Å². The third-order valence-corrected chi connectivity index (χ3v) is 5.24. The van der Waals surface area contributed by atoms with Gasteiger partial charge in [-0.1, -0.05) is 58.8 Å². The minimum absolute atomic E-state index is 0.519. The second-order valence-electron chi connectivity index (χ2n) is 5.11. The van der Waals surface area contributed by atoms with Gasteiger partial charge in [0.2, 0.25) is 0 Å². The van der Waals surface area contributed by atoms with Gasteiger partial charge in [0.1, 0.15) is 0 Å². The molecule has 21 heavy (non-hydrogen) atoms. The van der Waals surface area contributed by atoms with Gasteiger partial charge in [0.25, 0.3) is 0 Å². The summed E-state index contributed by atoms with van der Waals surface area (Å²) < 4.78 is 30.9. The molecule has 0 saturated carbocycles. The highest BCUT2D eigenvalue weighted by atomic mass is 31.3. The van der Waals surface area contributed by atoms with Gasteiger partial charge < -0.3 is 14.7 Å². The van der Waals surface area contributed by atoms with Crippen LogP contribution in [0.25, 0.3) is 0 Å².